The Hall–Kier alpha value is -3.93. The molecule has 29 heavy (non-hydrogen) atoms. The van der Waals surface area contributed by atoms with Gasteiger partial charge in [-0.3, -0.25) is 14.2 Å². The van der Waals surface area contributed by atoms with Gasteiger partial charge in [0.15, 0.2) is 5.76 Å². The highest BCUT2D eigenvalue weighted by molar-refractivity contribution is 5.93. The number of nitrogens with zero attached hydrogens (tertiary/aromatic N) is 3. The summed E-state index contributed by atoms with van der Waals surface area (Å²) in [6.07, 6.45) is 2.90. The summed E-state index contributed by atoms with van der Waals surface area (Å²) in [6.45, 7) is 0.308. The van der Waals surface area contributed by atoms with Crippen molar-refractivity contribution in [1.82, 2.24) is 9.55 Å². The number of rotatable bonds is 6. The van der Waals surface area contributed by atoms with E-state index in [4.69, 9.17) is 4.42 Å². The molecule has 2 aromatic heterocycles. The van der Waals surface area contributed by atoms with Crippen LogP contribution in [0, 0.1) is 0 Å². The maximum Gasteiger partial charge on any atom is 0.254 e. The van der Waals surface area contributed by atoms with Crippen LogP contribution in [0.25, 0.3) is 11.5 Å². The van der Waals surface area contributed by atoms with Gasteiger partial charge in [-0.1, -0.05) is 48.5 Å². The zero-order chi connectivity index (χ0) is 20.1. The van der Waals surface area contributed by atoms with Crippen molar-refractivity contribution in [2.24, 2.45) is 0 Å². The molecule has 0 fully saturated rings. The third-order valence-electron chi connectivity index (χ3n) is 4.51. The predicted molar refractivity (Wildman–Crippen MR) is 110 cm³/mol. The lowest BCUT2D eigenvalue weighted by atomic mass is 10.2. The van der Waals surface area contributed by atoms with E-state index in [2.05, 4.69) is 4.98 Å². The first-order valence-corrected chi connectivity index (χ1v) is 9.20. The molecule has 6 heteroatoms. The number of furan rings is 1. The van der Waals surface area contributed by atoms with Crippen LogP contribution >= 0.6 is 0 Å². The molecule has 4 aromatic rings. The third kappa shape index (κ3) is 4.32. The van der Waals surface area contributed by atoms with Gasteiger partial charge in [0.1, 0.15) is 12.2 Å². The van der Waals surface area contributed by atoms with E-state index in [1.54, 1.807) is 17.0 Å². The zero-order valence-corrected chi connectivity index (χ0v) is 15.6. The first kappa shape index (κ1) is 18.4. The normalized spacial score (nSPS) is 10.6. The molecule has 0 saturated carbocycles. The van der Waals surface area contributed by atoms with Crippen molar-refractivity contribution in [3.05, 3.63) is 107 Å². The standard InChI is InChI=1S/C23H19N3O3/c27-22-14-20(21-12-7-13-29-21)24-17-25(22)16-23(28)26(19-10-5-2-6-11-19)15-18-8-3-1-4-9-18/h1-14,17H,15-16H2. The van der Waals surface area contributed by atoms with Crippen LogP contribution in [0.15, 0.2) is 101 Å². The predicted octanol–water partition coefficient (Wildman–Crippen LogP) is 3.74. The van der Waals surface area contributed by atoms with Crippen LogP contribution in [0.4, 0.5) is 5.69 Å². The number of hydrogen-bond donors (Lipinski definition) is 0. The lowest BCUT2D eigenvalue weighted by Crippen LogP contribution is -2.36. The molecule has 0 atom stereocenters. The minimum atomic E-state index is -0.313. The van der Waals surface area contributed by atoms with Crippen LogP contribution in [0.3, 0.4) is 0 Å². The molecule has 0 radical (unpaired) electrons. The summed E-state index contributed by atoms with van der Waals surface area (Å²) >= 11 is 0. The van der Waals surface area contributed by atoms with Gasteiger partial charge < -0.3 is 9.32 Å². The number of para-hydroxylation sites is 1. The zero-order valence-electron chi connectivity index (χ0n) is 15.6. The van der Waals surface area contributed by atoms with Gasteiger partial charge in [0.2, 0.25) is 5.91 Å². The van der Waals surface area contributed by atoms with E-state index in [0.29, 0.717) is 18.0 Å². The Morgan fingerprint density at radius 2 is 1.69 bits per heavy atom. The van der Waals surface area contributed by atoms with E-state index >= 15 is 0 Å². The lowest BCUT2D eigenvalue weighted by Gasteiger charge is -2.23. The van der Waals surface area contributed by atoms with Crippen LogP contribution in [0.5, 0.6) is 0 Å². The van der Waals surface area contributed by atoms with Crippen molar-refractivity contribution in [3.8, 4) is 11.5 Å². The molecule has 2 heterocycles. The lowest BCUT2D eigenvalue weighted by molar-refractivity contribution is -0.119. The summed E-state index contributed by atoms with van der Waals surface area (Å²) in [5, 5.41) is 0. The largest absolute Gasteiger partial charge is 0.463 e. The summed E-state index contributed by atoms with van der Waals surface area (Å²) < 4.78 is 6.57. The quantitative estimate of drug-likeness (QED) is 0.507. The minimum Gasteiger partial charge on any atom is -0.463 e. The van der Waals surface area contributed by atoms with Gasteiger partial charge in [0, 0.05) is 11.8 Å². The second-order valence-electron chi connectivity index (χ2n) is 6.52. The maximum absolute atomic E-state index is 13.1. The van der Waals surface area contributed by atoms with Crippen molar-refractivity contribution in [3.63, 3.8) is 0 Å². The molecule has 0 aliphatic carbocycles. The summed E-state index contributed by atoms with van der Waals surface area (Å²) in [7, 11) is 0. The highest BCUT2D eigenvalue weighted by Crippen LogP contribution is 2.18. The number of aromatic nitrogens is 2. The first-order valence-electron chi connectivity index (χ1n) is 9.20. The van der Waals surface area contributed by atoms with Gasteiger partial charge in [-0.25, -0.2) is 4.98 Å². The molecule has 0 unspecified atom stereocenters. The average molecular weight is 385 g/mol. The fourth-order valence-electron chi connectivity index (χ4n) is 3.03. The number of amides is 1. The Kier molecular flexibility index (Phi) is 5.33. The van der Waals surface area contributed by atoms with Gasteiger partial charge in [-0.2, -0.15) is 0 Å². The van der Waals surface area contributed by atoms with Crippen molar-refractivity contribution in [2.75, 3.05) is 4.90 Å². The smallest absolute Gasteiger partial charge is 0.254 e. The van der Waals surface area contributed by atoms with E-state index in [-0.39, 0.29) is 18.0 Å². The number of carbonyl (C=O) groups excluding carboxylic acids is 1. The van der Waals surface area contributed by atoms with Crippen LogP contribution < -0.4 is 10.5 Å². The van der Waals surface area contributed by atoms with Gasteiger partial charge in [0.05, 0.1) is 19.1 Å². The van der Waals surface area contributed by atoms with E-state index in [0.717, 1.165) is 11.3 Å². The number of anilines is 1. The fraction of sp³-hybridized carbons (Fsp3) is 0.0870. The summed E-state index contributed by atoms with van der Waals surface area (Å²) in [6, 6.07) is 24.0. The van der Waals surface area contributed by atoms with Crippen molar-refractivity contribution in [1.29, 1.82) is 0 Å². The van der Waals surface area contributed by atoms with Gasteiger partial charge in [0.25, 0.3) is 5.56 Å². The highest BCUT2D eigenvalue weighted by Gasteiger charge is 2.17. The van der Waals surface area contributed by atoms with E-state index in [1.165, 1.54) is 23.2 Å². The molecule has 0 aliphatic heterocycles. The Morgan fingerprint density at radius 3 is 2.34 bits per heavy atom. The average Bonchev–Trinajstić information content (AvgIpc) is 3.30. The first-order chi connectivity index (χ1) is 14.2. The molecule has 4 rings (SSSR count). The molecule has 0 spiro atoms. The highest BCUT2D eigenvalue weighted by atomic mass is 16.3. The van der Waals surface area contributed by atoms with Crippen molar-refractivity contribution in [2.45, 2.75) is 13.1 Å². The number of hydrogen-bond acceptors (Lipinski definition) is 4. The third-order valence-corrected chi connectivity index (χ3v) is 4.51. The van der Waals surface area contributed by atoms with Crippen LogP contribution in [-0.2, 0) is 17.9 Å². The molecule has 1 amide bonds. The molecule has 0 aliphatic rings. The Bertz CT molecular complexity index is 1140. The SMILES string of the molecule is O=C(Cn1cnc(-c2ccco2)cc1=O)N(Cc1ccccc1)c1ccccc1. The van der Waals surface area contributed by atoms with Crippen LogP contribution in [-0.4, -0.2) is 15.5 Å². The molecule has 2 aromatic carbocycles. The minimum absolute atomic E-state index is 0.105. The number of carbonyl (C=O) groups is 1. The summed E-state index contributed by atoms with van der Waals surface area (Å²) in [5.74, 6) is 0.310. The molecule has 0 bridgehead atoms. The topological polar surface area (TPSA) is 68.3 Å². The number of benzene rings is 2. The summed E-state index contributed by atoms with van der Waals surface area (Å²) in [4.78, 5) is 31.5. The fourth-order valence-corrected chi connectivity index (χ4v) is 3.03. The second kappa shape index (κ2) is 8.39. The molecule has 0 saturated heterocycles. The van der Waals surface area contributed by atoms with Gasteiger partial charge in [-0.05, 0) is 29.8 Å². The second-order valence-corrected chi connectivity index (χ2v) is 6.52. The molecule has 144 valence electrons. The van der Waals surface area contributed by atoms with Crippen LogP contribution in [0.2, 0.25) is 0 Å². The van der Waals surface area contributed by atoms with Gasteiger partial charge in [-0.15, -0.1) is 0 Å². The Morgan fingerprint density at radius 1 is 0.966 bits per heavy atom. The molecule has 6 nitrogen and oxygen atoms in total. The van der Waals surface area contributed by atoms with Crippen LogP contribution in [0.1, 0.15) is 5.56 Å². The van der Waals surface area contributed by atoms with Crippen molar-refractivity contribution < 1.29 is 9.21 Å². The Balaban J connectivity index is 1.59. The summed E-state index contributed by atoms with van der Waals surface area (Å²) in [5.41, 5.74) is 1.90. The molecular weight excluding hydrogens is 366 g/mol. The van der Waals surface area contributed by atoms with Crippen molar-refractivity contribution >= 4 is 11.6 Å². The molecular formula is C23H19N3O3. The van der Waals surface area contributed by atoms with E-state index < -0.39 is 0 Å². The van der Waals surface area contributed by atoms with E-state index in [9.17, 15) is 9.59 Å². The molecule has 0 N–H and O–H groups in total. The van der Waals surface area contributed by atoms with E-state index in [1.807, 2.05) is 60.7 Å². The Labute approximate surface area is 167 Å². The van der Waals surface area contributed by atoms with Gasteiger partial charge >= 0.3 is 0 Å². The monoisotopic (exact) mass is 385 g/mol. The maximum atomic E-state index is 13.1.